The highest BCUT2D eigenvalue weighted by Crippen LogP contribution is 2.29. The van der Waals surface area contributed by atoms with Crippen molar-refractivity contribution in [1.29, 1.82) is 0 Å². The fourth-order valence-corrected chi connectivity index (χ4v) is 1.75. The van der Waals surface area contributed by atoms with Gasteiger partial charge in [0.1, 0.15) is 12.2 Å². The minimum atomic E-state index is -0.991. The second kappa shape index (κ2) is 5.08. The van der Waals surface area contributed by atoms with Gasteiger partial charge >= 0.3 is 0 Å². The van der Waals surface area contributed by atoms with Gasteiger partial charge in [0.15, 0.2) is 0 Å². The fourth-order valence-electron chi connectivity index (χ4n) is 1.75. The van der Waals surface area contributed by atoms with Crippen LogP contribution < -0.4 is 11.5 Å². The monoisotopic (exact) mass is 244 g/mol. The van der Waals surface area contributed by atoms with Gasteiger partial charge in [-0.1, -0.05) is 24.3 Å². The number of benzene rings is 2. The van der Waals surface area contributed by atoms with E-state index in [9.17, 15) is 10.2 Å². The maximum absolute atomic E-state index is 10.1. The summed E-state index contributed by atoms with van der Waals surface area (Å²) in [5, 5.41) is 20.2. The van der Waals surface area contributed by atoms with Crippen LogP contribution in [0.4, 0.5) is 11.4 Å². The van der Waals surface area contributed by atoms with Crippen LogP contribution in [0.1, 0.15) is 23.3 Å². The molecule has 4 heteroatoms. The number of anilines is 2. The Labute approximate surface area is 105 Å². The predicted octanol–water partition coefficient (Wildman–Crippen LogP) is 1.62. The van der Waals surface area contributed by atoms with Crippen molar-refractivity contribution < 1.29 is 10.2 Å². The van der Waals surface area contributed by atoms with E-state index in [1.807, 2.05) is 0 Å². The molecule has 0 aliphatic rings. The summed E-state index contributed by atoms with van der Waals surface area (Å²) in [6.45, 7) is 0. The lowest BCUT2D eigenvalue weighted by Gasteiger charge is -2.18. The molecule has 6 N–H and O–H groups in total. The van der Waals surface area contributed by atoms with E-state index in [-0.39, 0.29) is 0 Å². The molecule has 0 aromatic heterocycles. The molecule has 0 fully saturated rings. The van der Waals surface area contributed by atoms with Crippen molar-refractivity contribution in [2.24, 2.45) is 0 Å². The first-order valence-corrected chi connectivity index (χ1v) is 5.65. The molecule has 0 saturated carbocycles. The number of nitrogens with two attached hydrogens (primary N) is 2. The molecule has 2 rings (SSSR count). The van der Waals surface area contributed by atoms with Crippen molar-refractivity contribution in [2.45, 2.75) is 12.2 Å². The first-order valence-electron chi connectivity index (χ1n) is 5.65. The standard InChI is InChI=1S/C14H16N2O2/c15-11-5-1-9(2-6-11)13(17)14(18)10-3-7-12(16)8-4-10/h1-8,13-14,17-18H,15-16H2. The zero-order valence-electron chi connectivity index (χ0n) is 9.82. The van der Waals surface area contributed by atoms with Crippen molar-refractivity contribution in [3.05, 3.63) is 59.7 Å². The Morgan fingerprint density at radius 2 is 0.889 bits per heavy atom. The van der Waals surface area contributed by atoms with Crippen LogP contribution in [0.15, 0.2) is 48.5 Å². The highest BCUT2D eigenvalue weighted by molar-refractivity contribution is 5.42. The van der Waals surface area contributed by atoms with E-state index in [1.54, 1.807) is 48.5 Å². The summed E-state index contributed by atoms with van der Waals surface area (Å²) >= 11 is 0. The van der Waals surface area contributed by atoms with Gasteiger partial charge in [-0.2, -0.15) is 0 Å². The minimum absolute atomic E-state index is 0.618. The third-order valence-electron chi connectivity index (χ3n) is 2.86. The second-order valence-corrected chi connectivity index (χ2v) is 4.22. The van der Waals surface area contributed by atoms with Gasteiger partial charge in [-0.3, -0.25) is 0 Å². The number of rotatable bonds is 3. The van der Waals surface area contributed by atoms with Crippen LogP contribution in [0.3, 0.4) is 0 Å². The lowest BCUT2D eigenvalue weighted by atomic mass is 9.98. The Morgan fingerprint density at radius 1 is 0.611 bits per heavy atom. The van der Waals surface area contributed by atoms with Crippen LogP contribution >= 0.6 is 0 Å². The zero-order valence-corrected chi connectivity index (χ0v) is 9.82. The number of hydrogen-bond acceptors (Lipinski definition) is 4. The minimum Gasteiger partial charge on any atom is -0.399 e. The normalized spacial score (nSPS) is 14.1. The number of hydrogen-bond donors (Lipinski definition) is 4. The highest BCUT2D eigenvalue weighted by Gasteiger charge is 2.19. The lowest BCUT2D eigenvalue weighted by molar-refractivity contribution is 0.0172. The average Bonchev–Trinajstić information content (AvgIpc) is 2.39. The zero-order chi connectivity index (χ0) is 13.1. The van der Waals surface area contributed by atoms with Crippen molar-refractivity contribution in [3.63, 3.8) is 0 Å². The van der Waals surface area contributed by atoms with Crippen LogP contribution in [0.25, 0.3) is 0 Å². The Morgan fingerprint density at radius 3 is 1.17 bits per heavy atom. The molecule has 0 saturated heterocycles. The molecular weight excluding hydrogens is 228 g/mol. The summed E-state index contributed by atoms with van der Waals surface area (Å²) in [7, 11) is 0. The van der Waals surface area contributed by atoms with Gasteiger partial charge in [0.2, 0.25) is 0 Å². The number of aliphatic hydroxyl groups is 2. The van der Waals surface area contributed by atoms with Gasteiger partial charge in [-0.25, -0.2) is 0 Å². The first-order chi connectivity index (χ1) is 8.58. The third kappa shape index (κ3) is 2.61. The van der Waals surface area contributed by atoms with Crippen LogP contribution in [0.5, 0.6) is 0 Å². The van der Waals surface area contributed by atoms with Crippen molar-refractivity contribution in [1.82, 2.24) is 0 Å². The lowest BCUT2D eigenvalue weighted by Crippen LogP contribution is -2.10. The molecule has 18 heavy (non-hydrogen) atoms. The fraction of sp³-hybridized carbons (Fsp3) is 0.143. The molecule has 2 atom stereocenters. The average molecular weight is 244 g/mol. The summed E-state index contributed by atoms with van der Waals surface area (Å²) in [6.07, 6.45) is -1.98. The van der Waals surface area contributed by atoms with Gasteiger partial charge < -0.3 is 21.7 Å². The number of aliphatic hydroxyl groups excluding tert-OH is 2. The summed E-state index contributed by atoms with van der Waals surface area (Å²) in [5.74, 6) is 0. The smallest absolute Gasteiger partial charge is 0.109 e. The molecule has 0 spiro atoms. The van der Waals surface area contributed by atoms with Crippen LogP contribution in [0.2, 0.25) is 0 Å². The van der Waals surface area contributed by atoms with E-state index in [0.29, 0.717) is 22.5 Å². The molecule has 0 bridgehead atoms. The van der Waals surface area contributed by atoms with E-state index in [0.717, 1.165) is 0 Å². The largest absolute Gasteiger partial charge is 0.399 e. The van der Waals surface area contributed by atoms with E-state index in [4.69, 9.17) is 11.5 Å². The Kier molecular flexibility index (Phi) is 3.50. The van der Waals surface area contributed by atoms with Gasteiger partial charge in [-0.15, -0.1) is 0 Å². The molecule has 2 aromatic rings. The quantitative estimate of drug-likeness (QED) is 0.617. The molecule has 0 aliphatic carbocycles. The molecular formula is C14H16N2O2. The van der Waals surface area contributed by atoms with Gasteiger partial charge in [0.25, 0.3) is 0 Å². The Bertz CT molecular complexity index is 459. The maximum atomic E-state index is 10.1. The molecule has 0 amide bonds. The van der Waals surface area contributed by atoms with Gasteiger partial charge in [-0.05, 0) is 35.4 Å². The maximum Gasteiger partial charge on any atom is 0.109 e. The first kappa shape index (κ1) is 12.4. The van der Waals surface area contributed by atoms with Crippen LogP contribution in [0, 0.1) is 0 Å². The third-order valence-corrected chi connectivity index (χ3v) is 2.86. The molecule has 0 aliphatic heterocycles. The summed E-state index contributed by atoms with van der Waals surface area (Å²) in [6, 6.07) is 13.5. The topological polar surface area (TPSA) is 92.5 Å². The van der Waals surface area contributed by atoms with Crippen molar-refractivity contribution >= 4 is 11.4 Å². The van der Waals surface area contributed by atoms with Crippen LogP contribution in [-0.2, 0) is 0 Å². The molecule has 94 valence electrons. The van der Waals surface area contributed by atoms with Crippen molar-refractivity contribution in [2.75, 3.05) is 11.5 Å². The molecule has 2 aromatic carbocycles. The second-order valence-electron chi connectivity index (χ2n) is 4.22. The van der Waals surface area contributed by atoms with Gasteiger partial charge in [0, 0.05) is 11.4 Å². The summed E-state index contributed by atoms with van der Waals surface area (Å²) in [5.41, 5.74) is 13.6. The van der Waals surface area contributed by atoms with E-state index >= 15 is 0 Å². The Hall–Kier alpha value is -2.04. The molecule has 0 heterocycles. The number of nitrogen functional groups attached to an aromatic ring is 2. The summed E-state index contributed by atoms with van der Waals surface area (Å²) in [4.78, 5) is 0. The summed E-state index contributed by atoms with van der Waals surface area (Å²) < 4.78 is 0. The van der Waals surface area contributed by atoms with Crippen LogP contribution in [-0.4, -0.2) is 10.2 Å². The molecule has 2 unspecified atom stereocenters. The van der Waals surface area contributed by atoms with Gasteiger partial charge in [0.05, 0.1) is 0 Å². The van der Waals surface area contributed by atoms with E-state index < -0.39 is 12.2 Å². The Balaban J connectivity index is 2.20. The predicted molar refractivity (Wildman–Crippen MR) is 71.6 cm³/mol. The highest BCUT2D eigenvalue weighted by atomic mass is 16.3. The van der Waals surface area contributed by atoms with E-state index in [2.05, 4.69) is 0 Å². The van der Waals surface area contributed by atoms with Crippen molar-refractivity contribution in [3.8, 4) is 0 Å². The SMILES string of the molecule is Nc1ccc(C(O)C(O)c2ccc(N)cc2)cc1. The molecule has 4 nitrogen and oxygen atoms in total. The molecule has 0 radical (unpaired) electrons. The van der Waals surface area contributed by atoms with E-state index in [1.165, 1.54) is 0 Å².